The van der Waals surface area contributed by atoms with Crippen molar-refractivity contribution in [1.82, 2.24) is 4.98 Å². The Bertz CT molecular complexity index is 1250. The molecule has 5 nitrogen and oxygen atoms in total. The number of methoxy groups -OCH3 is 1. The molecule has 0 saturated heterocycles. The van der Waals surface area contributed by atoms with Crippen LogP contribution in [0.4, 0.5) is 14.5 Å². The number of rotatable bonds is 7. The molecule has 0 fully saturated rings. The lowest BCUT2D eigenvalue weighted by Gasteiger charge is -2.12. The van der Waals surface area contributed by atoms with Crippen molar-refractivity contribution in [2.45, 2.75) is 6.61 Å². The van der Waals surface area contributed by atoms with Gasteiger partial charge >= 0.3 is 0 Å². The number of benzene rings is 3. The fourth-order valence-corrected chi connectivity index (χ4v) is 3.74. The highest BCUT2D eigenvalue weighted by atomic mass is 32.1. The van der Waals surface area contributed by atoms with Crippen LogP contribution < -0.4 is 14.8 Å². The highest BCUT2D eigenvalue weighted by molar-refractivity contribution is 7.13. The monoisotopic (exact) mass is 452 g/mol. The number of halogens is 2. The van der Waals surface area contributed by atoms with E-state index in [2.05, 4.69) is 10.3 Å². The molecule has 0 bridgehead atoms. The number of nitrogens with one attached hydrogen (secondary N) is 1. The van der Waals surface area contributed by atoms with E-state index in [4.69, 9.17) is 9.47 Å². The molecule has 4 aromatic rings. The van der Waals surface area contributed by atoms with Crippen LogP contribution in [0.5, 0.6) is 11.5 Å². The minimum absolute atomic E-state index is 0.0805. The molecule has 0 atom stereocenters. The standard InChI is InChI=1S/C24H18F2N2O3S/c1-30-22-11-15(8-10-21(22)31-13-16-7-9-17(25)12-19(16)26)24-28-20(14-32-24)23(29)27-18-5-3-2-4-6-18/h2-12,14H,13H2,1H3,(H,27,29). The maximum Gasteiger partial charge on any atom is 0.275 e. The van der Waals surface area contributed by atoms with Gasteiger partial charge in [-0.2, -0.15) is 0 Å². The highest BCUT2D eigenvalue weighted by Gasteiger charge is 2.15. The van der Waals surface area contributed by atoms with Gasteiger partial charge in [-0.3, -0.25) is 4.79 Å². The number of nitrogens with zero attached hydrogens (tertiary/aromatic N) is 1. The van der Waals surface area contributed by atoms with Crippen molar-refractivity contribution >= 4 is 22.9 Å². The van der Waals surface area contributed by atoms with Crippen molar-refractivity contribution in [3.05, 3.63) is 95.0 Å². The van der Waals surface area contributed by atoms with E-state index in [1.807, 2.05) is 18.2 Å². The van der Waals surface area contributed by atoms with Crippen LogP contribution in [0.25, 0.3) is 10.6 Å². The Morgan fingerprint density at radius 2 is 1.84 bits per heavy atom. The van der Waals surface area contributed by atoms with Crippen LogP contribution in [0.3, 0.4) is 0 Å². The van der Waals surface area contributed by atoms with Crippen LogP contribution in [-0.2, 0) is 6.61 Å². The van der Waals surface area contributed by atoms with Gasteiger partial charge in [0.05, 0.1) is 7.11 Å². The topological polar surface area (TPSA) is 60.5 Å². The molecular formula is C24H18F2N2O3S. The van der Waals surface area contributed by atoms with Crippen molar-refractivity contribution in [2.24, 2.45) is 0 Å². The average molecular weight is 452 g/mol. The minimum atomic E-state index is -0.676. The average Bonchev–Trinajstić information content (AvgIpc) is 3.30. The van der Waals surface area contributed by atoms with Crippen LogP contribution in [0.1, 0.15) is 16.1 Å². The van der Waals surface area contributed by atoms with Gasteiger partial charge in [-0.1, -0.05) is 18.2 Å². The van der Waals surface area contributed by atoms with Crippen molar-refractivity contribution in [2.75, 3.05) is 12.4 Å². The molecule has 0 saturated carbocycles. The Balaban J connectivity index is 1.48. The lowest BCUT2D eigenvalue weighted by Crippen LogP contribution is -2.12. The molecule has 1 amide bonds. The van der Waals surface area contributed by atoms with E-state index >= 15 is 0 Å². The molecule has 0 radical (unpaired) electrons. The van der Waals surface area contributed by atoms with Crippen LogP contribution in [-0.4, -0.2) is 18.0 Å². The Morgan fingerprint density at radius 1 is 1.03 bits per heavy atom. The van der Waals surface area contributed by atoms with Crippen LogP contribution in [0, 0.1) is 11.6 Å². The zero-order valence-corrected chi connectivity index (χ0v) is 17.8. The number of thiazole rings is 1. The third-order valence-electron chi connectivity index (χ3n) is 4.58. The summed E-state index contributed by atoms with van der Waals surface area (Å²) in [6, 6.07) is 17.6. The van der Waals surface area contributed by atoms with E-state index in [1.165, 1.54) is 30.6 Å². The van der Waals surface area contributed by atoms with E-state index in [-0.39, 0.29) is 18.1 Å². The van der Waals surface area contributed by atoms with Crippen LogP contribution in [0.2, 0.25) is 0 Å². The van der Waals surface area contributed by atoms with Gasteiger partial charge in [0.15, 0.2) is 11.5 Å². The molecule has 0 aliphatic rings. The number of hydrogen-bond donors (Lipinski definition) is 1. The van der Waals surface area contributed by atoms with Gasteiger partial charge in [0.25, 0.3) is 5.91 Å². The maximum absolute atomic E-state index is 13.8. The third-order valence-corrected chi connectivity index (χ3v) is 5.47. The number of para-hydroxylation sites is 1. The second-order valence-corrected chi connectivity index (χ2v) is 7.61. The Morgan fingerprint density at radius 3 is 2.59 bits per heavy atom. The quantitative estimate of drug-likeness (QED) is 0.378. The Hall–Kier alpha value is -3.78. The third kappa shape index (κ3) is 4.92. The van der Waals surface area contributed by atoms with Crippen molar-refractivity contribution in [3.63, 3.8) is 0 Å². The molecule has 1 heterocycles. The summed E-state index contributed by atoms with van der Waals surface area (Å²) in [5, 5.41) is 5.12. The van der Waals surface area contributed by atoms with E-state index in [0.717, 1.165) is 11.6 Å². The van der Waals surface area contributed by atoms with E-state index in [9.17, 15) is 13.6 Å². The first-order chi connectivity index (χ1) is 15.5. The van der Waals surface area contributed by atoms with Crippen LogP contribution in [0.15, 0.2) is 72.1 Å². The summed E-state index contributed by atoms with van der Waals surface area (Å²) >= 11 is 1.33. The van der Waals surface area contributed by atoms with Gasteiger partial charge in [-0.05, 0) is 42.5 Å². The number of amides is 1. The van der Waals surface area contributed by atoms with E-state index in [0.29, 0.717) is 27.9 Å². The van der Waals surface area contributed by atoms with Gasteiger partial charge in [0.2, 0.25) is 0 Å². The van der Waals surface area contributed by atoms with Gasteiger partial charge in [0, 0.05) is 28.3 Å². The number of carbonyl (C=O) groups excluding carboxylic acids is 1. The predicted molar refractivity (Wildman–Crippen MR) is 119 cm³/mol. The number of aromatic nitrogens is 1. The molecule has 0 aliphatic heterocycles. The maximum atomic E-state index is 13.8. The molecule has 32 heavy (non-hydrogen) atoms. The summed E-state index contributed by atoms with van der Waals surface area (Å²) in [4.78, 5) is 16.9. The molecule has 1 N–H and O–H groups in total. The number of carbonyl (C=O) groups is 1. The first kappa shape index (κ1) is 21.5. The lowest BCUT2D eigenvalue weighted by molar-refractivity contribution is 0.102. The molecular weight excluding hydrogens is 434 g/mol. The van der Waals surface area contributed by atoms with Crippen LogP contribution >= 0.6 is 11.3 Å². The summed E-state index contributed by atoms with van der Waals surface area (Å²) < 4.78 is 38.0. The summed E-state index contributed by atoms with van der Waals surface area (Å²) in [5.74, 6) is -0.792. The summed E-state index contributed by atoms with van der Waals surface area (Å²) in [5.41, 5.74) is 1.96. The molecule has 1 aromatic heterocycles. The highest BCUT2D eigenvalue weighted by Crippen LogP contribution is 2.34. The second kappa shape index (κ2) is 9.57. The fraction of sp³-hybridized carbons (Fsp3) is 0.0833. The zero-order chi connectivity index (χ0) is 22.5. The lowest BCUT2D eigenvalue weighted by atomic mass is 10.2. The van der Waals surface area contributed by atoms with Crippen molar-refractivity contribution < 1.29 is 23.0 Å². The van der Waals surface area contributed by atoms with E-state index in [1.54, 1.807) is 35.7 Å². The Labute approximate surface area is 187 Å². The molecule has 8 heteroatoms. The summed E-state index contributed by atoms with van der Waals surface area (Å²) in [6.07, 6.45) is 0. The smallest absolute Gasteiger partial charge is 0.275 e. The van der Waals surface area contributed by atoms with Gasteiger partial charge in [-0.25, -0.2) is 13.8 Å². The summed E-state index contributed by atoms with van der Waals surface area (Å²) in [7, 11) is 1.49. The second-order valence-electron chi connectivity index (χ2n) is 6.75. The first-order valence-electron chi connectivity index (χ1n) is 9.60. The fourth-order valence-electron chi connectivity index (χ4n) is 2.94. The van der Waals surface area contributed by atoms with Crippen molar-refractivity contribution in [1.29, 1.82) is 0 Å². The van der Waals surface area contributed by atoms with Crippen molar-refractivity contribution in [3.8, 4) is 22.1 Å². The molecule has 162 valence electrons. The van der Waals surface area contributed by atoms with Gasteiger partial charge in [-0.15, -0.1) is 11.3 Å². The molecule has 0 spiro atoms. The van der Waals surface area contributed by atoms with Gasteiger partial charge in [0.1, 0.15) is 28.9 Å². The summed E-state index contributed by atoms with van der Waals surface area (Å²) in [6.45, 7) is -0.0805. The van der Waals surface area contributed by atoms with Gasteiger partial charge < -0.3 is 14.8 Å². The Kier molecular flexibility index (Phi) is 6.42. The number of hydrogen-bond acceptors (Lipinski definition) is 5. The minimum Gasteiger partial charge on any atom is -0.493 e. The predicted octanol–water partition coefficient (Wildman–Crippen LogP) is 5.93. The molecule has 0 aliphatic carbocycles. The number of ether oxygens (including phenoxy) is 2. The molecule has 4 rings (SSSR count). The molecule has 3 aromatic carbocycles. The number of anilines is 1. The first-order valence-corrected chi connectivity index (χ1v) is 10.5. The largest absolute Gasteiger partial charge is 0.493 e. The zero-order valence-electron chi connectivity index (χ0n) is 17.0. The van der Waals surface area contributed by atoms with E-state index < -0.39 is 11.6 Å². The molecule has 0 unspecified atom stereocenters. The SMILES string of the molecule is COc1cc(-c2nc(C(=O)Nc3ccccc3)cs2)ccc1OCc1ccc(F)cc1F. The normalized spacial score (nSPS) is 10.6.